The van der Waals surface area contributed by atoms with Gasteiger partial charge in [-0.1, -0.05) is 0 Å². The van der Waals surface area contributed by atoms with Gasteiger partial charge in [0.1, 0.15) is 11.5 Å². The summed E-state index contributed by atoms with van der Waals surface area (Å²) in [5, 5.41) is 26.7. The third-order valence-electron chi connectivity index (χ3n) is 4.74. The summed E-state index contributed by atoms with van der Waals surface area (Å²) >= 11 is 0. The molecule has 7 heteroatoms. The average molecular weight is 383 g/mol. The van der Waals surface area contributed by atoms with E-state index in [0.29, 0.717) is 24.5 Å². The molecule has 3 rings (SSSR count). The summed E-state index contributed by atoms with van der Waals surface area (Å²) in [5.41, 5.74) is 1.22. The molecule has 0 aliphatic heterocycles. The smallest absolute Gasteiger partial charge is 0.200 e. The van der Waals surface area contributed by atoms with Crippen molar-refractivity contribution in [2.45, 2.75) is 13.3 Å². The Bertz CT molecular complexity index is 938. The lowest BCUT2D eigenvalue weighted by Gasteiger charge is -2.24. The maximum absolute atomic E-state index is 13.2. The molecule has 2 aromatic rings. The van der Waals surface area contributed by atoms with E-state index in [1.54, 1.807) is 12.1 Å². The molecule has 0 radical (unpaired) electrons. The van der Waals surface area contributed by atoms with Gasteiger partial charge in [0.05, 0.1) is 22.3 Å². The van der Waals surface area contributed by atoms with Crippen LogP contribution in [0, 0.1) is 0 Å². The van der Waals surface area contributed by atoms with Crippen LogP contribution in [0.4, 0.5) is 11.4 Å². The van der Waals surface area contributed by atoms with Crippen molar-refractivity contribution < 1.29 is 19.8 Å². The van der Waals surface area contributed by atoms with E-state index in [0.717, 1.165) is 13.0 Å². The molecular formula is C21H25N3O4. The van der Waals surface area contributed by atoms with E-state index in [1.807, 2.05) is 21.0 Å². The van der Waals surface area contributed by atoms with Crippen LogP contribution >= 0.6 is 0 Å². The summed E-state index contributed by atoms with van der Waals surface area (Å²) in [6, 6.07) is 5.97. The van der Waals surface area contributed by atoms with Gasteiger partial charge >= 0.3 is 0 Å². The normalized spacial score (nSPS) is 12.7. The van der Waals surface area contributed by atoms with Crippen LogP contribution in [0.5, 0.6) is 11.5 Å². The zero-order valence-corrected chi connectivity index (χ0v) is 16.3. The molecule has 0 aromatic heterocycles. The van der Waals surface area contributed by atoms with Crippen LogP contribution in [-0.4, -0.2) is 60.4 Å². The van der Waals surface area contributed by atoms with Crippen molar-refractivity contribution in [2.24, 2.45) is 0 Å². The number of nitrogens with one attached hydrogen (secondary N) is 2. The second-order valence-corrected chi connectivity index (χ2v) is 7.04. The van der Waals surface area contributed by atoms with Crippen molar-refractivity contribution in [3.8, 4) is 11.5 Å². The summed E-state index contributed by atoms with van der Waals surface area (Å²) < 4.78 is 0. The first kappa shape index (κ1) is 19.7. The number of aromatic hydroxyl groups is 2. The largest absolute Gasteiger partial charge is 0.507 e. The predicted octanol–water partition coefficient (Wildman–Crippen LogP) is 2.67. The van der Waals surface area contributed by atoms with Gasteiger partial charge in [0, 0.05) is 24.5 Å². The average Bonchev–Trinajstić information content (AvgIpc) is 2.65. The molecule has 0 heterocycles. The van der Waals surface area contributed by atoms with Gasteiger partial charge in [0.25, 0.3) is 0 Å². The zero-order valence-electron chi connectivity index (χ0n) is 16.3. The van der Waals surface area contributed by atoms with Crippen molar-refractivity contribution in [2.75, 3.05) is 44.4 Å². The van der Waals surface area contributed by atoms with Crippen LogP contribution in [0.2, 0.25) is 0 Å². The molecule has 1 aliphatic rings. The third-order valence-corrected chi connectivity index (χ3v) is 4.74. The summed E-state index contributed by atoms with van der Waals surface area (Å²) in [6.45, 7) is 3.98. The number of phenols is 2. The van der Waals surface area contributed by atoms with E-state index in [2.05, 4.69) is 15.5 Å². The van der Waals surface area contributed by atoms with Crippen LogP contribution < -0.4 is 10.6 Å². The molecule has 0 spiro atoms. The molecule has 0 saturated carbocycles. The van der Waals surface area contributed by atoms with Crippen molar-refractivity contribution in [1.82, 2.24) is 4.90 Å². The fraction of sp³-hybridized carbons (Fsp3) is 0.333. The summed E-state index contributed by atoms with van der Waals surface area (Å²) in [6.07, 6.45) is 0.863. The molecule has 1 aliphatic carbocycles. The predicted molar refractivity (Wildman–Crippen MR) is 109 cm³/mol. The van der Waals surface area contributed by atoms with E-state index in [1.165, 1.54) is 12.1 Å². The first-order valence-electron chi connectivity index (χ1n) is 9.30. The first-order chi connectivity index (χ1) is 13.4. The molecule has 0 unspecified atom stereocenters. The van der Waals surface area contributed by atoms with Crippen LogP contribution in [0.15, 0.2) is 24.3 Å². The van der Waals surface area contributed by atoms with Crippen molar-refractivity contribution >= 4 is 22.9 Å². The molecule has 0 saturated heterocycles. The van der Waals surface area contributed by atoms with Gasteiger partial charge in [-0.2, -0.15) is 0 Å². The van der Waals surface area contributed by atoms with Crippen molar-refractivity contribution in [1.29, 1.82) is 0 Å². The van der Waals surface area contributed by atoms with Crippen molar-refractivity contribution in [3.05, 3.63) is 46.5 Å². The topological polar surface area (TPSA) is 102 Å². The number of anilines is 2. The monoisotopic (exact) mass is 383 g/mol. The van der Waals surface area contributed by atoms with Crippen molar-refractivity contribution in [3.63, 3.8) is 0 Å². The minimum atomic E-state index is -0.481. The highest BCUT2D eigenvalue weighted by Crippen LogP contribution is 2.42. The van der Waals surface area contributed by atoms with Gasteiger partial charge in [-0.05, 0) is 58.3 Å². The lowest BCUT2D eigenvalue weighted by Crippen LogP contribution is -2.25. The molecule has 0 fully saturated rings. The Morgan fingerprint density at radius 2 is 1.32 bits per heavy atom. The minimum Gasteiger partial charge on any atom is -0.507 e. The fourth-order valence-electron chi connectivity index (χ4n) is 3.47. The number of hydrogen-bond acceptors (Lipinski definition) is 7. The molecule has 0 atom stereocenters. The maximum Gasteiger partial charge on any atom is 0.200 e. The third kappa shape index (κ3) is 3.41. The lowest BCUT2D eigenvalue weighted by molar-refractivity contribution is 0.0975. The Morgan fingerprint density at radius 1 is 0.821 bits per heavy atom. The quantitative estimate of drug-likeness (QED) is 0.367. The van der Waals surface area contributed by atoms with Crippen LogP contribution in [0.1, 0.15) is 45.2 Å². The number of nitrogens with zero attached hydrogens (tertiary/aromatic N) is 1. The van der Waals surface area contributed by atoms with E-state index in [-0.39, 0.29) is 33.8 Å². The van der Waals surface area contributed by atoms with E-state index < -0.39 is 11.6 Å². The number of benzene rings is 2. The lowest BCUT2D eigenvalue weighted by atomic mass is 9.81. The first-order valence-corrected chi connectivity index (χ1v) is 9.30. The zero-order chi connectivity index (χ0) is 20.4. The van der Waals surface area contributed by atoms with Gasteiger partial charge in [-0.3, -0.25) is 9.59 Å². The summed E-state index contributed by atoms with van der Waals surface area (Å²) in [7, 11) is 3.98. The van der Waals surface area contributed by atoms with E-state index in [4.69, 9.17) is 0 Å². The number of hydrogen-bond donors (Lipinski definition) is 4. The molecule has 148 valence electrons. The van der Waals surface area contributed by atoms with Crippen LogP contribution in [-0.2, 0) is 0 Å². The SMILES string of the molecule is CCNc1ccc(NCCCN(C)C)c2c1C(=O)c1c(O)ccc(O)c1C2=O. The van der Waals surface area contributed by atoms with Gasteiger partial charge in [-0.25, -0.2) is 0 Å². The molecular weight excluding hydrogens is 358 g/mol. The Kier molecular flexibility index (Phi) is 5.56. The Labute approximate surface area is 164 Å². The number of ketones is 2. The Balaban J connectivity index is 2.10. The molecule has 2 aromatic carbocycles. The maximum atomic E-state index is 13.2. The van der Waals surface area contributed by atoms with Gasteiger partial charge in [0.2, 0.25) is 11.6 Å². The van der Waals surface area contributed by atoms with Crippen LogP contribution in [0.3, 0.4) is 0 Å². The highest BCUT2D eigenvalue weighted by atomic mass is 16.3. The molecule has 28 heavy (non-hydrogen) atoms. The van der Waals surface area contributed by atoms with Crippen LogP contribution in [0.25, 0.3) is 0 Å². The van der Waals surface area contributed by atoms with E-state index >= 15 is 0 Å². The summed E-state index contributed by atoms with van der Waals surface area (Å²) in [5.74, 6) is -1.59. The minimum absolute atomic E-state index is 0.150. The number of fused-ring (bicyclic) bond motifs is 2. The standard InChI is InChI=1S/C21H25N3O4/c1-4-22-12-6-7-13(23-10-5-11-24(2)3)17-16(12)20(27)18-14(25)8-9-15(26)19(18)21(17)28/h6-9,22-23,25-26H,4-5,10-11H2,1-3H3. The van der Waals surface area contributed by atoms with Gasteiger partial charge < -0.3 is 25.7 Å². The number of carbonyl (C=O) groups excluding carboxylic acids is 2. The Hall–Kier alpha value is -3.06. The summed E-state index contributed by atoms with van der Waals surface area (Å²) in [4.78, 5) is 28.5. The fourth-order valence-corrected chi connectivity index (χ4v) is 3.47. The van der Waals surface area contributed by atoms with Gasteiger partial charge in [0.15, 0.2) is 0 Å². The molecule has 4 N–H and O–H groups in total. The molecule has 7 nitrogen and oxygen atoms in total. The highest BCUT2D eigenvalue weighted by Gasteiger charge is 2.37. The highest BCUT2D eigenvalue weighted by molar-refractivity contribution is 6.33. The second kappa shape index (κ2) is 7.90. The Morgan fingerprint density at radius 3 is 1.79 bits per heavy atom. The number of rotatable bonds is 7. The van der Waals surface area contributed by atoms with E-state index in [9.17, 15) is 19.8 Å². The molecule has 0 bridgehead atoms. The second-order valence-electron chi connectivity index (χ2n) is 7.04. The number of carbonyl (C=O) groups is 2. The van der Waals surface area contributed by atoms with Gasteiger partial charge in [-0.15, -0.1) is 0 Å². The molecule has 0 amide bonds. The number of phenolic OH excluding ortho intramolecular Hbond substituents is 2.